The van der Waals surface area contributed by atoms with E-state index < -0.39 is 5.97 Å². The number of hydrogen-bond donors (Lipinski definition) is 2. The van der Waals surface area contributed by atoms with Crippen LogP contribution in [0.25, 0.3) is 0 Å². The smallest absolute Gasteiger partial charge is 0.358 e. The van der Waals surface area contributed by atoms with Crippen LogP contribution in [0, 0.1) is 5.92 Å². The van der Waals surface area contributed by atoms with Gasteiger partial charge in [-0.15, -0.1) is 5.10 Å². The maximum Gasteiger partial charge on any atom is 0.358 e. The highest BCUT2D eigenvalue weighted by atomic mass is 16.4. The normalized spacial score (nSPS) is 12.1. The molecule has 0 aliphatic rings. The van der Waals surface area contributed by atoms with E-state index in [0.29, 0.717) is 13.1 Å². The fourth-order valence-electron chi connectivity index (χ4n) is 1.16. The number of nitrogens with zero attached hydrogens (tertiary/aromatic N) is 3. The number of carbonyl (C=O) groups excluding carboxylic acids is 1. The molecule has 0 aliphatic heterocycles. The van der Waals surface area contributed by atoms with Crippen molar-refractivity contribution in [1.29, 1.82) is 0 Å². The van der Waals surface area contributed by atoms with Crippen LogP contribution in [0.5, 0.6) is 0 Å². The molecular formula is C10H16N4O3. The Morgan fingerprint density at radius 3 is 2.82 bits per heavy atom. The summed E-state index contributed by atoms with van der Waals surface area (Å²) < 4.78 is 1.39. The molecule has 1 rings (SSSR count). The summed E-state index contributed by atoms with van der Waals surface area (Å²) in [6.07, 6.45) is 2.12. The molecule has 17 heavy (non-hydrogen) atoms. The topological polar surface area (TPSA) is 97.1 Å². The van der Waals surface area contributed by atoms with Crippen LogP contribution in [-0.2, 0) is 11.3 Å². The Bertz CT molecular complexity index is 402. The molecule has 7 heteroatoms. The van der Waals surface area contributed by atoms with Gasteiger partial charge in [-0.3, -0.25) is 4.79 Å². The van der Waals surface area contributed by atoms with Gasteiger partial charge in [0.1, 0.15) is 0 Å². The van der Waals surface area contributed by atoms with Gasteiger partial charge in [-0.1, -0.05) is 19.1 Å². The van der Waals surface area contributed by atoms with E-state index in [1.807, 2.05) is 13.8 Å². The zero-order valence-corrected chi connectivity index (χ0v) is 9.88. The lowest BCUT2D eigenvalue weighted by Crippen LogP contribution is -2.31. The van der Waals surface area contributed by atoms with Gasteiger partial charge >= 0.3 is 5.97 Å². The third-order valence-electron chi connectivity index (χ3n) is 2.46. The zero-order valence-electron chi connectivity index (χ0n) is 9.88. The molecule has 94 valence electrons. The summed E-state index contributed by atoms with van der Waals surface area (Å²) in [4.78, 5) is 22.0. The van der Waals surface area contributed by atoms with E-state index in [1.54, 1.807) is 0 Å². The Balaban J connectivity index is 2.35. The molecule has 0 fully saturated rings. The Morgan fingerprint density at radius 2 is 2.29 bits per heavy atom. The SMILES string of the molecule is CCC(C)C(=O)NCCn1cc(C(=O)O)nn1. The van der Waals surface area contributed by atoms with Gasteiger partial charge < -0.3 is 10.4 Å². The number of aromatic carboxylic acids is 1. The molecule has 1 heterocycles. The highest BCUT2D eigenvalue weighted by molar-refractivity contribution is 5.84. The number of amides is 1. The van der Waals surface area contributed by atoms with Crippen LogP contribution in [0.3, 0.4) is 0 Å². The first-order valence-electron chi connectivity index (χ1n) is 5.45. The first kappa shape index (κ1) is 13.1. The monoisotopic (exact) mass is 240 g/mol. The summed E-state index contributed by atoms with van der Waals surface area (Å²) in [6.45, 7) is 4.61. The Morgan fingerprint density at radius 1 is 1.59 bits per heavy atom. The van der Waals surface area contributed by atoms with Gasteiger partial charge in [0.05, 0.1) is 12.7 Å². The molecular weight excluding hydrogens is 224 g/mol. The van der Waals surface area contributed by atoms with Crippen molar-refractivity contribution >= 4 is 11.9 Å². The van der Waals surface area contributed by atoms with E-state index >= 15 is 0 Å². The van der Waals surface area contributed by atoms with Crippen molar-refractivity contribution in [3.63, 3.8) is 0 Å². The van der Waals surface area contributed by atoms with Crippen molar-refractivity contribution < 1.29 is 14.7 Å². The van der Waals surface area contributed by atoms with E-state index in [4.69, 9.17) is 5.11 Å². The Kier molecular flexibility index (Phi) is 4.62. The molecule has 0 aromatic carbocycles. The summed E-state index contributed by atoms with van der Waals surface area (Å²) >= 11 is 0. The lowest BCUT2D eigenvalue weighted by molar-refractivity contribution is -0.124. The van der Waals surface area contributed by atoms with Crippen molar-refractivity contribution in [1.82, 2.24) is 20.3 Å². The number of hydrogen-bond acceptors (Lipinski definition) is 4. The second-order valence-electron chi connectivity index (χ2n) is 3.77. The summed E-state index contributed by atoms with van der Waals surface area (Å²) in [5.41, 5.74) is -0.0988. The third kappa shape index (κ3) is 3.86. The average molecular weight is 240 g/mol. The zero-order chi connectivity index (χ0) is 12.8. The van der Waals surface area contributed by atoms with Crippen LogP contribution in [-0.4, -0.2) is 38.5 Å². The molecule has 0 aliphatic carbocycles. The Labute approximate surface area is 98.8 Å². The van der Waals surface area contributed by atoms with Gasteiger partial charge in [-0.2, -0.15) is 0 Å². The quantitative estimate of drug-likeness (QED) is 0.737. The molecule has 1 amide bonds. The molecule has 1 aromatic rings. The van der Waals surface area contributed by atoms with Gasteiger partial charge in [-0.05, 0) is 6.42 Å². The molecule has 0 bridgehead atoms. The van der Waals surface area contributed by atoms with Gasteiger partial charge in [0.25, 0.3) is 0 Å². The van der Waals surface area contributed by atoms with Crippen LogP contribution in [0.4, 0.5) is 0 Å². The second-order valence-corrected chi connectivity index (χ2v) is 3.77. The highest BCUT2D eigenvalue weighted by Crippen LogP contribution is 1.99. The molecule has 1 unspecified atom stereocenters. The molecule has 0 radical (unpaired) electrons. The molecule has 0 spiro atoms. The Hall–Kier alpha value is -1.92. The molecule has 2 N–H and O–H groups in total. The fraction of sp³-hybridized carbons (Fsp3) is 0.600. The van der Waals surface area contributed by atoms with E-state index in [9.17, 15) is 9.59 Å². The minimum atomic E-state index is -1.11. The minimum absolute atomic E-state index is 0.00827. The molecule has 7 nitrogen and oxygen atoms in total. The molecule has 0 saturated carbocycles. The standard InChI is InChI=1S/C10H16N4O3/c1-3-7(2)9(15)11-4-5-14-6-8(10(16)17)12-13-14/h6-7H,3-5H2,1-2H3,(H,11,15)(H,16,17). The van der Waals surface area contributed by atoms with Crippen molar-refractivity contribution in [2.45, 2.75) is 26.8 Å². The lowest BCUT2D eigenvalue weighted by Gasteiger charge is -2.09. The van der Waals surface area contributed by atoms with Crippen molar-refractivity contribution in [3.8, 4) is 0 Å². The summed E-state index contributed by atoms with van der Waals surface area (Å²) in [5.74, 6) is -1.13. The average Bonchev–Trinajstić information content (AvgIpc) is 2.76. The van der Waals surface area contributed by atoms with Crippen molar-refractivity contribution in [2.24, 2.45) is 5.92 Å². The number of carbonyl (C=O) groups is 2. The number of nitrogens with one attached hydrogen (secondary N) is 1. The lowest BCUT2D eigenvalue weighted by atomic mass is 10.1. The van der Waals surface area contributed by atoms with Crippen molar-refractivity contribution in [3.05, 3.63) is 11.9 Å². The number of rotatable bonds is 6. The van der Waals surface area contributed by atoms with Gasteiger partial charge in [0.15, 0.2) is 5.69 Å². The van der Waals surface area contributed by atoms with Crippen LogP contribution in [0.15, 0.2) is 6.20 Å². The molecule has 1 atom stereocenters. The summed E-state index contributed by atoms with van der Waals surface area (Å²) in [6, 6.07) is 0. The first-order chi connectivity index (χ1) is 8.04. The van der Waals surface area contributed by atoms with Crippen LogP contribution >= 0.6 is 0 Å². The van der Waals surface area contributed by atoms with Crippen LogP contribution in [0.1, 0.15) is 30.8 Å². The second kappa shape index (κ2) is 5.97. The van der Waals surface area contributed by atoms with Gasteiger partial charge in [0, 0.05) is 12.5 Å². The summed E-state index contributed by atoms with van der Waals surface area (Å²) in [5, 5.41) is 18.5. The number of aromatic nitrogens is 3. The molecule has 1 aromatic heterocycles. The maximum absolute atomic E-state index is 11.4. The van der Waals surface area contributed by atoms with E-state index in [-0.39, 0.29) is 17.5 Å². The van der Waals surface area contributed by atoms with Crippen LogP contribution < -0.4 is 5.32 Å². The predicted octanol–water partition coefficient (Wildman–Crippen LogP) is 0.139. The van der Waals surface area contributed by atoms with Crippen LogP contribution in [0.2, 0.25) is 0 Å². The van der Waals surface area contributed by atoms with Gasteiger partial charge in [0.2, 0.25) is 5.91 Å². The minimum Gasteiger partial charge on any atom is -0.476 e. The third-order valence-corrected chi connectivity index (χ3v) is 2.46. The van der Waals surface area contributed by atoms with E-state index in [2.05, 4.69) is 15.6 Å². The van der Waals surface area contributed by atoms with Crippen molar-refractivity contribution in [2.75, 3.05) is 6.54 Å². The van der Waals surface area contributed by atoms with Gasteiger partial charge in [-0.25, -0.2) is 9.48 Å². The summed E-state index contributed by atoms with van der Waals surface area (Å²) in [7, 11) is 0. The first-order valence-corrected chi connectivity index (χ1v) is 5.45. The van der Waals surface area contributed by atoms with E-state index in [0.717, 1.165) is 6.42 Å². The van der Waals surface area contributed by atoms with E-state index in [1.165, 1.54) is 10.9 Å². The predicted molar refractivity (Wildman–Crippen MR) is 59.4 cm³/mol. The fourth-order valence-corrected chi connectivity index (χ4v) is 1.16. The maximum atomic E-state index is 11.4. The number of carboxylic acids is 1. The molecule has 0 saturated heterocycles. The number of carboxylic acid groups (broad SMARTS) is 1. The largest absolute Gasteiger partial charge is 0.476 e. The highest BCUT2D eigenvalue weighted by Gasteiger charge is 2.10.